The fourth-order valence-corrected chi connectivity index (χ4v) is 2.59. The number of amides is 1. The summed E-state index contributed by atoms with van der Waals surface area (Å²) < 4.78 is 25.8. The average Bonchev–Trinajstić information content (AvgIpc) is 2.90. The number of carbonyl (C=O) groups is 1. The Hall–Kier alpha value is -1.89. The molecule has 0 unspecified atom stereocenters. The summed E-state index contributed by atoms with van der Waals surface area (Å²) in [6.45, 7) is 1.97. The molecule has 0 aliphatic heterocycles. The number of halogens is 2. The molecule has 4 nitrogen and oxygen atoms in total. The Labute approximate surface area is 125 Å². The number of benzene rings is 1. The predicted octanol–water partition coefficient (Wildman–Crippen LogP) is 3.37. The van der Waals surface area contributed by atoms with Crippen molar-refractivity contribution in [1.82, 2.24) is 10.2 Å². The van der Waals surface area contributed by atoms with Crippen molar-refractivity contribution >= 4 is 23.5 Å². The van der Waals surface area contributed by atoms with Gasteiger partial charge in [-0.3, -0.25) is 9.89 Å². The molecular weight excluding hydrogens is 296 g/mol. The molecule has 1 amide bonds. The van der Waals surface area contributed by atoms with Crippen molar-refractivity contribution in [2.24, 2.45) is 0 Å². The summed E-state index contributed by atoms with van der Waals surface area (Å²) in [4.78, 5) is 12.4. The zero-order valence-corrected chi connectivity index (χ0v) is 12.3. The number of H-pyrrole nitrogens is 1. The van der Waals surface area contributed by atoms with Crippen LogP contribution in [-0.2, 0) is 11.2 Å². The van der Waals surface area contributed by atoms with Gasteiger partial charge in [0, 0.05) is 22.6 Å². The van der Waals surface area contributed by atoms with Crippen molar-refractivity contribution in [1.29, 1.82) is 0 Å². The summed E-state index contributed by atoms with van der Waals surface area (Å²) in [6.07, 6.45) is 2.72. The standard InChI is InChI=1S/C14H15F2N3OS/c1-2-9-8-17-19-14(9)18-13(20)5-6-21-10-3-4-11(15)12(16)7-10/h3-4,7-8H,2,5-6H2,1H3,(H2,17,18,19,20). The molecule has 0 fully saturated rings. The van der Waals surface area contributed by atoms with E-state index in [2.05, 4.69) is 15.5 Å². The first-order valence-corrected chi connectivity index (χ1v) is 7.48. The highest BCUT2D eigenvalue weighted by Crippen LogP contribution is 2.21. The number of hydrogen-bond donors (Lipinski definition) is 2. The van der Waals surface area contributed by atoms with Crippen LogP contribution < -0.4 is 5.32 Å². The van der Waals surface area contributed by atoms with Crippen LogP contribution in [0, 0.1) is 11.6 Å². The van der Waals surface area contributed by atoms with Gasteiger partial charge in [-0.25, -0.2) is 8.78 Å². The number of thioether (sulfide) groups is 1. The highest BCUT2D eigenvalue weighted by molar-refractivity contribution is 7.99. The fraction of sp³-hybridized carbons (Fsp3) is 0.286. The molecule has 0 atom stereocenters. The normalized spacial score (nSPS) is 10.6. The van der Waals surface area contributed by atoms with E-state index < -0.39 is 11.6 Å². The third-order valence-corrected chi connectivity index (χ3v) is 3.85. The minimum atomic E-state index is -0.880. The lowest BCUT2D eigenvalue weighted by atomic mass is 10.2. The molecule has 1 aromatic heterocycles. The van der Waals surface area contributed by atoms with Gasteiger partial charge in [0.05, 0.1) is 6.20 Å². The summed E-state index contributed by atoms with van der Waals surface area (Å²) in [7, 11) is 0. The molecule has 0 saturated heterocycles. The van der Waals surface area contributed by atoms with Crippen molar-refractivity contribution in [3.8, 4) is 0 Å². The molecule has 2 rings (SSSR count). The number of aromatic nitrogens is 2. The van der Waals surface area contributed by atoms with E-state index in [1.54, 1.807) is 6.20 Å². The van der Waals surface area contributed by atoms with Gasteiger partial charge >= 0.3 is 0 Å². The van der Waals surface area contributed by atoms with Gasteiger partial charge in [0.25, 0.3) is 0 Å². The molecule has 7 heteroatoms. The van der Waals surface area contributed by atoms with E-state index >= 15 is 0 Å². The summed E-state index contributed by atoms with van der Waals surface area (Å²) in [5.41, 5.74) is 0.941. The van der Waals surface area contributed by atoms with Gasteiger partial charge in [-0.2, -0.15) is 5.10 Å². The third kappa shape index (κ3) is 4.29. The van der Waals surface area contributed by atoms with Crippen LogP contribution in [0.4, 0.5) is 14.6 Å². The van der Waals surface area contributed by atoms with Crippen molar-refractivity contribution in [3.05, 3.63) is 41.6 Å². The molecule has 0 aliphatic carbocycles. The van der Waals surface area contributed by atoms with Gasteiger partial charge < -0.3 is 5.32 Å². The number of aryl methyl sites for hydroxylation is 1. The maximum Gasteiger partial charge on any atom is 0.226 e. The first-order chi connectivity index (χ1) is 10.1. The van der Waals surface area contributed by atoms with Gasteiger partial charge in [0.1, 0.15) is 5.82 Å². The monoisotopic (exact) mass is 311 g/mol. The Bertz CT molecular complexity index is 630. The highest BCUT2D eigenvalue weighted by atomic mass is 32.2. The number of anilines is 1. The van der Waals surface area contributed by atoms with Gasteiger partial charge in [-0.15, -0.1) is 11.8 Å². The summed E-state index contributed by atoms with van der Waals surface area (Å²) in [5, 5.41) is 9.34. The van der Waals surface area contributed by atoms with Crippen LogP contribution in [0.3, 0.4) is 0 Å². The van der Waals surface area contributed by atoms with Crippen LogP contribution in [0.2, 0.25) is 0 Å². The Morgan fingerprint density at radius 2 is 2.19 bits per heavy atom. The predicted molar refractivity (Wildman–Crippen MR) is 78.3 cm³/mol. The lowest BCUT2D eigenvalue weighted by Crippen LogP contribution is -2.13. The third-order valence-electron chi connectivity index (χ3n) is 2.85. The number of nitrogens with zero attached hydrogens (tertiary/aromatic N) is 1. The summed E-state index contributed by atoms with van der Waals surface area (Å²) in [6, 6.07) is 3.70. The fourth-order valence-electron chi connectivity index (χ4n) is 1.72. The molecule has 1 aromatic carbocycles. The van der Waals surface area contributed by atoms with Crippen LogP contribution >= 0.6 is 11.8 Å². The second kappa shape index (κ2) is 7.21. The summed E-state index contributed by atoms with van der Waals surface area (Å²) in [5.74, 6) is -0.811. The van der Waals surface area contributed by atoms with Gasteiger partial charge in [0.2, 0.25) is 5.91 Å². The van der Waals surface area contributed by atoms with Crippen molar-refractivity contribution in [2.75, 3.05) is 11.1 Å². The first kappa shape index (κ1) is 15.5. The zero-order chi connectivity index (χ0) is 15.2. The van der Waals surface area contributed by atoms with E-state index in [9.17, 15) is 13.6 Å². The highest BCUT2D eigenvalue weighted by Gasteiger charge is 2.08. The molecule has 21 heavy (non-hydrogen) atoms. The van der Waals surface area contributed by atoms with E-state index in [0.29, 0.717) is 16.5 Å². The van der Waals surface area contributed by atoms with Gasteiger partial charge in [-0.05, 0) is 24.6 Å². The topological polar surface area (TPSA) is 57.8 Å². The number of carbonyl (C=O) groups excluding carboxylic acids is 1. The molecule has 1 heterocycles. The van der Waals surface area contributed by atoms with Crippen molar-refractivity contribution < 1.29 is 13.6 Å². The molecule has 0 radical (unpaired) electrons. The second-order valence-corrected chi connectivity index (χ2v) is 5.51. The second-order valence-electron chi connectivity index (χ2n) is 4.35. The minimum Gasteiger partial charge on any atom is -0.311 e. The average molecular weight is 311 g/mol. The molecule has 112 valence electrons. The van der Waals surface area contributed by atoms with Crippen molar-refractivity contribution in [2.45, 2.75) is 24.7 Å². The molecule has 2 N–H and O–H groups in total. The zero-order valence-electron chi connectivity index (χ0n) is 11.5. The maximum atomic E-state index is 13.0. The Morgan fingerprint density at radius 1 is 1.38 bits per heavy atom. The number of aromatic amines is 1. The van der Waals surface area contributed by atoms with Crippen LogP contribution in [0.1, 0.15) is 18.9 Å². The molecule has 0 saturated carbocycles. The Balaban J connectivity index is 1.80. The maximum absolute atomic E-state index is 13.0. The molecular formula is C14H15F2N3OS. The first-order valence-electron chi connectivity index (χ1n) is 6.50. The van der Waals surface area contributed by atoms with Crippen LogP contribution in [0.25, 0.3) is 0 Å². The Kier molecular flexibility index (Phi) is 5.32. The van der Waals surface area contributed by atoms with E-state index in [0.717, 1.165) is 24.1 Å². The SMILES string of the molecule is CCc1cn[nH]c1NC(=O)CCSc1ccc(F)c(F)c1. The minimum absolute atomic E-state index is 0.149. The quantitative estimate of drug-likeness (QED) is 0.804. The lowest BCUT2D eigenvalue weighted by molar-refractivity contribution is -0.115. The largest absolute Gasteiger partial charge is 0.311 e. The number of rotatable bonds is 6. The summed E-state index contributed by atoms with van der Waals surface area (Å²) >= 11 is 1.30. The number of nitrogens with one attached hydrogen (secondary N) is 2. The van der Waals surface area contributed by atoms with Gasteiger partial charge in [0.15, 0.2) is 11.6 Å². The van der Waals surface area contributed by atoms with E-state index in [4.69, 9.17) is 0 Å². The Morgan fingerprint density at radius 3 is 2.90 bits per heavy atom. The molecule has 0 spiro atoms. The van der Waals surface area contributed by atoms with E-state index in [1.165, 1.54) is 17.8 Å². The molecule has 0 bridgehead atoms. The van der Waals surface area contributed by atoms with Crippen LogP contribution in [0.15, 0.2) is 29.3 Å². The van der Waals surface area contributed by atoms with Gasteiger partial charge in [-0.1, -0.05) is 6.92 Å². The van der Waals surface area contributed by atoms with Crippen LogP contribution in [-0.4, -0.2) is 21.9 Å². The van der Waals surface area contributed by atoms with Crippen molar-refractivity contribution in [3.63, 3.8) is 0 Å². The molecule has 0 aliphatic rings. The number of hydrogen-bond acceptors (Lipinski definition) is 3. The smallest absolute Gasteiger partial charge is 0.226 e. The van der Waals surface area contributed by atoms with E-state index in [1.807, 2.05) is 6.92 Å². The lowest BCUT2D eigenvalue weighted by Gasteiger charge is -2.05. The van der Waals surface area contributed by atoms with E-state index in [-0.39, 0.29) is 12.3 Å². The van der Waals surface area contributed by atoms with Crippen LogP contribution in [0.5, 0.6) is 0 Å². The molecule has 2 aromatic rings.